The second-order valence-electron chi connectivity index (χ2n) is 3.80. The Labute approximate surface area is 123 Å². The van der Waals surface area contributed by atoms with Crippen molar-refractivity contribution < 1.29 is 28.6 Å². The van der Waals surface area contributed by atoms with Crippen LogP contribution in [0.5, 0.6) is 0 Å². The molecule has 0 spiro atoms. The summed E-state index contributed by atoms with van der Waals surface area (Å²) in [5.74, 6) is -1.45. The van der Waals surface area contributed by atoms with Crippen LogP contribution in [0.3, 0.4) is 0 Å². The molecule has 0 saturated heterocycles. The Balaban J connectivity index is 0.000000486. The normalized spacial score (nSPS) is 8.76. The Morgan fingerprint density at radius 3 is 1.43 bits per heavy atom. The van der Waals surface area contributed by atoms with Gasteiger partial charge in [-0.25, -0.2) is 14.4 Å². The van der Waals surface area contributed by atoms with Gasteiger partial charge in [0.15, 0.2) is 0 Å². The van der Waals surface area contributed by atoms with Crippen molar-refractivity contribution in [2.24, 2.45) is 0 Å². The lowest BCUT2D eigenvalue weighted by atomic mass is 10.1. The van der Waals surface area contributed by atoms with Crippen molar-refractivity contribution in [3.63, 3.8) is 0 Å². The standard InChI is InChI=1S/C10H10O4.C5H8O2/c1-13-9(11)7-5-3-4-6-8(7)10(12)14-2;1-4(2)5(6)7-3/h3-6H,1-2H3;1H2,2-3H3. The Morgan fingerprint density at radius 2 is 1.24 bits per heavy atom. The molecule has 0 heterocycles. The van der Waals surface area contributed by atoms with E-state index in [0.29, 0.717) is 5.57 Å². The van der Waals surface area contributed by atoms with Crippen LogP contribution < -0.4 is 0 Å². The molecule has 6 heteroatoms. The maximum absolute atomic E-state index is 11.2. The summed E-state index contributed by atoms with van der Waals surface area (Å²) in [4.78, 5) is 32.6. The molecule has 0 aromatic heterocycles. The lowest BCUT2D eigenvalue weighted by molar-refractivity contribution is -0.136. The highest BCUT2D eigenvalue weighted by atomic mass is 16.5. The Kier molecular flexibility index (Phi) is 8.14. The summed E-state index contributed by atoms with van der Waals surface area (Å²) in [5.41, 5.74) is 0.853. The van der Waals surface area contributed by atoms with Gasteiger partial charge in [-0.1, -0.05) is 18.7 Å². The molecule has 6 nitrogen and oxygen atoms in total. The van der Waals surface area contributed by atoms with Crippen molar-refractivity contribution in [2.45, 2.75) is 6.92 Å². The average Bonchev–Trinajstić information content (AvgIpc) is 2.52. The zero-order chi connectivity index (χ0) is 16.4. The summed E-state index contributed by atoms with van der Waals surface area (Å²) < 4.78 is 13.3. The van der Waals surface area contributed by atoms with Crippen LogP contribution in [-0.2, 0) is 19.0 Å². The number of carbonyl (C=O) groups is 3. The Bertz CT molecular complexity index is 498. The van der Waals surface area contributed by atoms with Crippen LogP contribution in [0.1, 0.15) is 27.6 Å². The van der Waals surface area contributed by atoms with Gasteiger partial charge in [0, 0.05) is 5.57 Å². The van der Waals surface area contributed by atoms with E-state index in [1.807, 2.05) is 0 Å². The third kappa shape index (κ3) is 5.90. The molecule has 21 heavy (non-hydrogen) atoms. The maximum atomic E-state index is 11.2. The fourth-order valence-corrected chi connectivity index (χ4v) is 1.23. The molecule has 1 aromatic rings. The third-order valence-electron chi connectivity index (χ3n) is 2.27. The minimum Gasteiger partial charge on any atom is -0.466 e. The molecule has 1 aromatic carbocycles. The molecule has 0 atom stereocenters. The molecule has 0 unspecified atom stereocenters. The van der Waals surface area contributed by atoms with Crippen LogP contribution >= 0.6 is 0 Å². The van der Waals surface area contributed by atoms with E-state index in [2.05, 4.69) is 20.8 Å². The van der Waals surface area contributed by atoms with E-state index in [1.54, 1.807) is 19.1 Å². The van der Waals surface area contributed by atoms with E-state index in [4.69, 9.17) is 0 Å². The fourth-order valence-electron chi connectivity index (χ4n) is 1.23. The number of hydrogen-bond donors (Lipinski definition) is 0. The number of esters is 3. The number of rotatable bonds is 3. The zero-order valence-corrected chi connectivity index (χ0v) is 12.5. The summed E-state index contributed by atoms with van der Waals surface area (Å²) >= 11 is 0. The summed E-state index contributed by atoms with van der Waals surface area (Å²) in [6.07, 6.45) is 0. The molecule has 0 fully saturated rings. The van der Waals surface area contributed by atoms with Gasteiger partial charge < -0.3 is 14.2 Å². The van der Waals surface area contributed by atoms with Crippen molar-refractivity contribution in [3.05, 3.63) is 47.5 Å². The first-order valence-corrected chi connectivity index (χ1v) is 5.88. The predicted molar refractivity (Wildman–Crippen MR) is 76.0 cm³/mol. The van der Waals surface area contributed by atoms with Crippen molar-refractivity contribution in [1.82, 2.24) is 0 Å². The van der Waals surface area contributed by atoms with Gasteiger partial charge in [0.1, 0.15) is 0 Å². The average molecular weight is 294 g/mol. The lowest BCUT2D eigenvalue weighted by Gasteiger charge is -2.04. The Morgan fingerprint density at radius 1 is 0.857 bits per heavy atom. The molecule has 0 aliphatic heterocycles. The number of benzene rings is 1. The number of methoxy groups -OCH3 is 3. The van der Waals surface area contributed by atoms with E-state index in [-0.39, 0.29) is 17.1 Å². The van der Waals surface area contributed by atoms with Gasteiger partial charge in [-0.15, -0.1) is 0 Å². The summed E-state index contributed by atoms with van der Waals surface area (Å²) in [6.45, 7) is 4.95. The van der Waals surface area contributed by atoms with Gasteiger partial charge in [-0.2, -0.15) is 0 Å². The number of carbonyl (C=O) groups excluding carboxylic acids is 3. The first-order chi connectivity index (χ1) is 9.88. The lowest BCUT2D eigenvalue weighted by Crippen LogP contribution is -2.11. The van der Waals surface area contributed by atoms with Crippen molar-refractivity contribution in [2.75, 3.05) is 21.3 Å². The molecule has 0 bridgehead atoms. The smallest absolute Gasteiger partial charge is 0.338 e. The van der Waals surface area contributed by atoms with Gasteiger partial charge in [0.05, 0.1) is 32.5 Å². The molecule has 0 amide bonds. The molecule has 114 valence electrons. The van der Waals surface area contributed by atoms with Crippen LogP contribution in [-0.4, -0.2) is 39.2 Å². The van der Waals surface area contributed by atoms with E-state index >= 15 is 0 Å². The molecule has 0 aliphatic rings. The van der Waals surface area contributed by atoms with Crippen LogP contribution in [0.2, 0.25) is 0 Å². The second-order valence-corrected chi connectivity index (χ2v) is 3.80. The van der Waals surface area contributed by atoms with E-state index in [0.717, 1.165) is 0 Å². The molecule has 0 radical (unpaired) electrons. The van der Waals surface area contributed by atoms with Gasteiger partial charge in [0.25, 0.3) is 0 Å². The molecular weight excluding hydrogens is 276 g/mol. The highest BCUT2D eigenvalue weighted by molar-refractivity contribution is 6.03. The van der Waals surface area contributed by atoms with Gasteiger partial charge in [-0.05, 0) is 19.1 Å². The van der Waals surface area contributed by atoms with E-state index in [1.165, 1.54) is 33.5 Å². The summed E-state index contributed by atoms with van der Waals surface area (Å²) in [7, 11) is 3.85. The molecule has 0 N–H and O–H groups in total. The minimum absolute atomic E-state index is 0.210. The van der Waals surface area contributed by atoms with E-state index in [9.17, 15) is 14.4 Å². The predicted octanol–water partition coefficient (Wildman–Crippen LogP) is 2.00. The maximum Gasteiger partial charge on any atom is 0.338 e. The van der Waals surface area contributed by atoms with Crippen LogP contribution in [0.15, 0.2) is 36.4 Å². The SMILES string of the molecule is C=C(C)C(=O)OC.COC(=O)c1ccccc1C(=O)OC. The van der Waals surface area contributed by atoms with Crippen LogP contribution in [0, 0.1) is 0 Å². The van der Waals surface area contributed by atoms with Crippen molar-refractivity contribution in [3.8, 4) is 0 Å². The highest BCUT2D eigenvalue weighted by Gasteiger charge is 2.16. The molecular formula is C15H18O6. The minimum atomic E-state index is -0.550. The Hall–Kier alpha value is -2.63. The largest absolute Gasteiger partial charge is 0.466 e. The summed E-state index contributed by atoms with van der Waals surface area (Å²) in [6, 6.07) is 6.33. The molecule has 0 aliphatic carbocycles. The first-order valence-electron chi connectivity index (χ1n) is 5.88. The van der Waals surface area contributed by atoms with Crippen LogP contribution in [0.25, 0.3) is 0 Å². The second kappa shape index (κ2) is 9.30. The molecule has 1 rings (SSSR count). The fraction of sp³-hybridized carbons (Fsp3) is 0.267. The molecule has 0 saturated carbocycles. The van der Waals surface area contributed by atoms with Crippen molar-refractivity contribution >= 4 is 17.9 Å². The number of hydrogen-bond acceptors (Lipinski definition) is 6. The highest BCUT2D eigenvalue weighted by Crippen LogP contribution is 2.10. The van der Waals surface area contributed by atoms with E-state index < -0.39 is 11.9 Å². The number of ether oxygens (including phenoxy) is 3. The topological polar surface area (TPSA) is 78.9 Å². The van der Waals surface area contributed by atoms with Crippen molar-refractivity contribution in [1.29, 1.82) is 0 Å². The van der Waals surface area contributed by atoms with Gasteiger partial charge in [0.2, 0.25) is 0 Å². The quantitative estimate of drug-likeness (QED) is 0.482. The zero-order valence-electron chi connectivity index (χ0n) is 12.5. The van der Waals surface area contributed by atoms with Crippen LogP contribution in [0.4, 0.5) is 0 Å². The summed E-state index contributed by atoms with van der Waals surface area (Å²) in [5, 5.41) is 0. The first kappa shape index (κ1) is 18.4. The monoisotopic (exact) mass is 294 g/mol. The van der Waals surface area contributed by atoms with Gasteiger partial charge in [-0.3, -0.25) is 0 Å². The third-order valence-corrected chi connectivity index (χ3v) is 2.27. The van der Waals surface area contributed by atoms with Gasteiger partial charge >= 0.3 is 17.9 Å².